The first-order chi connectivity index (χ1) is 16.3. The lowest BCUT2D eigenvalue weighted by Gasteiger charge is -2.26. The summed E-state index contributed by atoms with van der Waals surface area (Å²) in [5.41, 5.74) is 2.65. The first-order valence-corrected chi connectivity index (χ1v) is 10.3. The van der Waals surface area contributed by atoms with Gasteiger partial charge in [-0.15, -0.1) is 13.2 Å². The Hall–Kier alpha value is -4.03. The van der Waals surface area contributed by atoms with Crippen molar-refractivity contribution < 1.29 is 27.5 Å². The molecule has 2 N–H and O–H groups in total. The van der Waals surface area contributed by atoms with Crippen LogP contribution >= 0.6 is 0 Å². The molecule has 3 heterocycles. The van der Waals surface area contributed by atoms with Crippen LogP contribution in [0.2, 0.25) is 0 Å². The van der Waals surface area contributed by atoms with Crippen molar-refractivity contribution in [1.29, 1.82) is 0 Å². The van der Waals surface area contributed by atoms with Gasteiger partial charge in [-0.3, -0.25) is 9.59 Å². The molecule has 4 rings (SSSR count). The molecule has 34 heavy (non-hydrogen) atoms. The van der Waals surface area contributed by atoms with Crippen LogP contribution in [0.1, 0.15) is 22.3 Å². The molecule has 0 atom stereocenters. The molecule has 2 aliphatic rings. The molecule has 0 fully saturated rings. The molecule has 0 saturated heterocycles. The van der Waals surface area contributed by atoms with Crippen LogP contribution < -0.4 is 15.4 Å². The number of benzene rings is 1. The molecule has 10 nitrogen and oxygen atoms in total. The number of amides is 2. The van der Waals surface area contributed by atoms with Gasteiger partial charge in [0.1, 0.15) is 5.75 Å². The highest BCUT2D eigenvalue weighted by molar-refractivity contribution is 5.96. The normalized spacial score (nSPS) is 15.2. The maximum atomic E-state index is 12.4. The third-order valence-electron chi connectivity index (χ3n) is 5.13. The Balaban J connectivity index is 1.25. The predicted octanol–water partition coefficient (Wildman–Crippen LogP) is 2.67. The van der Waals surface area contributed by atoms with E-state index in [2.05, 4.69) is 35.6 Å². The zero-order chi connectivity index (χ0) is 24.1. The summed E-state index contributed by atoms with van der Waals surface area (Å²) < 4.78 is 40.9. The Morgan fingerprint density at radius 1 is 1.18 bits per heavy atom. The summed E-state index contributed by atoms with van der Waals surface area (Å²) in [5.74, 6) is -0.881. The van der Waals surface area contributed by atoms with Gasteiger partial charge >= 0.3 is 6.36 Å². The Labute approximate surface area is 191 Å². The highest BCUT2D eigenvalue weighted by Gasteiger charge is 2.31. The molecule has 2 aliphatic heterocycles. The van der Waals surface area contributed by atoms with Gasteiger partial charge in [0.25, 0.3) is 5.91 Å². The second-order valence-electron chi connectivity index (χ2n) is 7.54. The van der Waals surface area contributed by atoms with Crippen molar-refractivity contribution in [3.8, 4) is 5.75 Å². The van der Waals surface area contributed by atoms with Gasteiger partial charge in [0.2, 0.25) is 11.9 Å². The number of azo groups is 1. The third-order valence-corrected chi connectivity index (χ3v) is 5.13. The van der Waals surface area contributed by atoms with Crippen LogP contribution in [0.15, 0.2) is 58.2 Å². The number of hydrogen-bond donors (Lipinski definition) is 2. The number of ether oxygens (including phenoxy) is 1. The van der Waals surface area contributed by atoms with Crippen molar-refractivity contribution in [1.82, 2.24) is 20.2 Å². The molecular weight excluding hydrogens is 455 g/mol. The lowest BCUT2D eigenvalue weighted by atomic mass is 10.1. The largest absolute Gasteiger partial charge is 0.573 e. The minimum absolute atomic E-state index is 0.142. The Kier molecular flexibility index (Phi) is 6.70. The maximum Gasteiger partial charge on any atom is 0.573 e. The van der Waals surface area contributed by atoms with Crippen molar-refractivity contribution in [2.75, 3.05) is 31.5 Å². The summed E-state index contributed by atoms with van der Waals surface area (Å²) in [5, 5.41) is 13.4. The number of hydrogen-bond acceptors (Lipinski definition) is 8. The van der Waals surface area contributed by atoms with E-state index in [1.165, 1.54) is 30.6 Å². The lowest BCUT2D eigenvalue weighted by Crippen LogP contribution is -2.43. The van der Waals surface area contributed by atoms with Crippen LogP contribution in [0.25, 0.3) is 0 Å². The number of nitrogens with one attached hydrogen (secondary N) is 2. The molecule has 0 bridgehead atoms. The van der Waals surface area contributed by atoms with Crippen LogP contribution in [-0.4, -0.2) is 59.2 Å². The van der Waals surface area contributed by atoms with E-state index < -0.39 is 12.3 Å². The van der Waals surface area contributed by atoms with E-state index >= 15 is 0 Å². The molecule has 178 valence electrons. The SMILES string of the molecule is O=C(NCC(=O)N1CCC2=C(C1)N=NC2)c1cnc(NCc2cccc(OC(F)(F)F)c2)nc1. The van der Waals surface area contributed by atoms with Crippen LogP contribution in [0.4, 0.5) is 19.1 Å². The Morgan fingerprint density at radius 2 is 1.97 bits per heavy atom. The van der Waals surface area contributed by atoms with E-state index in [0.29, 0.717) is 25.2 Å². The van der Waals surface area contributed by atoms with Crippen LogP contribution in [0.3, 0.4) is 0 Å². The van der Waals surface area contributed by atoms with E-state index in [9.17, 15) is 22.8 Å². The number of halogens is 3. The number of carbonyl (C=O) groups is 2. The molecule has 0 radical (unpaired) electrons. The molecule has 0 saturated carbocycles. The molecular formula is C21H20F3N7O3. The lowest BCUT2D eigenvalue weighted by molar-refractivity contribution is -0.274. The average molecular weight is 475 g/mol. The summed E-state index contributed by atoms with van der Waals surface area (Å²) in [7, 11) is 0. The first kappa shape index (κ1) is 23.1. The first-order valence-electron chi connectivity index (χ1n) is 10.3. The molecule has 0 unspecified atom stereocenters. The topological polar surface area (TPSA) is 121 Å². The molecule has 0 aliphatic carbocycles. The summed E-state index contributed by atoms with van der Waals surface area (Å²) in [6, 6.07) is 5.50. The van der Waals surface area contributed by atoms with Gasteiger partial charge in [0.05, 0.1) is 30.9 Å². The third kappa shape index (κ3) is 6.05. The molecule has 1 aromatic heterocycles. The van der Waals surface area contributed by atoms with Gasteiger partial charge in [-0.25, -0.2) is 9.97 Å². The summed E-state index contributed by atoms with van der Waals surface area (Å²) in [6.45, 7) is 1.52. The number of carbonyl (C=O) groups excluding carboxylic acids is 2. The number of aromatic nitrogens is 2. The maximum absolute atomic E-state index is 12.4. The van der Waals surface area contributed by atoms with Crippen molar-refractivity contribution in [3.05, 3.63) is 59.1 Å². The fraction of sp³-hybridized carbons (Fsp3) is 0.333. The average Bonchev–Trinajstić information content (AvgIpc) is 3.28. The van der Waals surface area contributed by atoms with Crippen molar-refractivity contribution in [2.45, 2.75) is 19.3 Å². The number of nitrogens with zero attached hydrogens (tertiary/aromatic N) is 5. The fourth-order valence-electron chi connectivity index (χ4n) is 3.42. The Morgan fingerprint density at radius 3 is 2.74 bits per heavy atom. The molecule has 1 aromatic carbocycles. The monoisotopic (exact) mass is 475 g/mol. The van der Waals surface area contributed by atoms with Gasteiger partial charge in [0.15, 0.2) is 0 Å². The highest BCUT2D eigenvalue weighted by Crippen LogP contribution is 2.24. The Bertz CT molecular complexity index is 1130. The van der Waals surface area contributed by atoms with Crippen LogP contribution in [0.5, 0.6) is 5.75 Å². The van der Waals surface area contributed by atoms with Gasteiger partial charge < -0.3 is 20.3 Å². The summed E-state index contributed by atoms with van der Waals surface area (Å²) >= 11 is 0. The minimum atomic E-state index is -4.77. The smallest absolute Gasteiger partial charge is 0.406 e. The number of anilines is 1. The van der Waals surface area contributed by atoms with E-state index in [0.717, 1.165) is 17.7 Å². The van der Waals surface area contributed by atoms with E-state index in [-0.39, 0.29) is 36.3 Å². The van der Waals surface area contributed by atoms with Crippen molar-refractivity contribution in [2.24, 2.45) is 10.2 Å². The molecule has 13 heteroatoms. The second-order valence-corrected chi connectivity index (χ2v) is 7.54. The zero-order valence-electron chi connectivity index (χ0n) is 17.8. The number of rotatable bonds is 7. The van der Waals surface area contributed by atoms with E-state index in [1.54, 1.807) is 11.0 Å². The van der Waals surface area contributed by atoms with E-state index in [1.807, 2.05) is 0 Å². The van der Waals surface area contributed by atoms with Gasteiger partial charge in [-0.1, -0.05) is 12.1 Å². The quantitative estimate of drug-likeness (QED) is 0.635. The fourth-order valence-corrected chi connectivity index (χ4v) is 3.42. The second kappa shape index (κ2) is 9.85. The summed E-state index contributed by atoms with van der Waals surface area (Å²) in [6.07, 6.45) is -1.47. The van der Waals surface area contributed by atoms with Crippen LogP contribution in [-0.2, 0) is 11.3 Å². The predicted molar refractivity (Wildman–Crippen MR) is 113 cm³/mol. The van der Waals surface area contributed by atoms with Crippen molar-refractivity contribution in [3.63, 3.8) is 0 Å². The minimum Gasteiger partial charge on any atom is -0.406 e. The molecule has 0 spiro atoms. The standard InChI is InChI=1S/C21H20F3N7O3/c22-21(23,24)34-16-3-1-2-13(6-16)7-26-20-27-8-15(9-28-20)19(33)25-11-18(32)31-5-4-14-10-29-30-17(14)12-31/h1-3,6,8-9H,4-5,7,10-12H2,(H,25,33)(H,26,27,28). The molecule has 2 amide bonds. The highest BCUT2D eigenvalue weighted by atomic mass is 19.4. The van der Waals surface area contributed by atoms with Gasteiger partial charge in [0, 0.05) is 25.5 Å². The van der Waals surface area contributed by atoms with E-state index in [4.69, 9.17) is 0 Å². The summed E-state index contributed by atoms with van der Waals surface area (Å²) in [4.78, 5) is 34.4. The van der Waals surface area contributed by atoms with Gasteiger partial charge in [-0.05, 0) is 29.7 Å². The molecule has 2 aromatic rings. The van der Waals surface area contributed by atoms with Gasteiger partial charge in [-0.2, -0.15) is 10.2 Å². The zero-order valence-corrected chi connectivity index (χ0v) is 17.8. The number of alkyl halides is 3. The van der Waals surface area contributed by atoms with Crippen molar-refractivity contribution >= 4 is 17.8 Å². The van der Waals surface area contributed by atoms with Crippen LogP contribution in [0, 0.1) is 0 Å².